The lowest BCUT2D eigenvalue weighted by molar-refractivity contribution is -0.143. The molecule has 19 heavy (non-hydrogen) atoms. The van der Waals surface area contributed by atoms with Crippen molar-refractivity contribution in [3.8, 4) is 0 Å². The Labute approximate surface area is 121 Å². The number of carbonyl (C=O) groups is 1. The maximum atomic E-state index is 10.5. The molecule has 3 heteroatoms. The Morgan fingerprint density at radius 3 is 1.74 bits per heavy atom. The molecule has 1 saturated heterocycles. The summed E-state index contributed by atoms with van der Waals surface area (Å²) >= 11 is 0. The minimum atomic E-state index is -0.736. The number of nitrogens with one attached hydrogen (secondary N) is 1. The third-order valence-corrected chi connectivity index (χ3v) is 2.13. The van der Waals surface area contributed by atoms with Crippen molar-refractivity contribution in [2.45, 2.75) is 80.2 Å². The van der Waals surface area contributed by atoms with E-state index in [1.54, 1.807) is 6.92 Å². The molecule has 118 valence electrons. The summed E-state index contributed by atoms with van der Waals surface area (Å²) in [6.07, 6.45) is 4.69. The van der Waals surface area contributed by atoms with Crippen molar-refractivity contribution < 1.29 is 9.90 Å². The molecular formula is C16H37NO2. The van der Waals surface area contributed by atoms with Crippen LogP contribution in [0.3, 0.4) is 0 Å². The fourth-order valence-corrected chi connectivity index (χ4v) is 1.08. The molecule has 1 fully saturated rings. The normalized spacial score (nSPS) is 18.7. The van der Waals surface area contributed by atoms with E-state index in [0.29, 0.717) is 0 Å². The highest BCUT2D eigenvalue weighted by Gasteiger charge is 2.35. The first-order valence-corrected chi connectivity index (χ1v) is 7.66. The number of hydrogen-bond donors (Lipinski definition) is 2. The summed E-state index contributed by atoms with van der Waals surface area (Å²) in [5, 5.41) is 11.5. The number of rotatable bonds is 2. The number of aliphatic carboxylic acids is 1. The van der Waals surface area contributed by atoms with Crippen LogP contribution in [0.5, 0.6) is 0 Å². The smallest absolute Gasteiger partial charge is 0.323 e. The van der Waals surface area contributed by atoms with Crippen LogP contribution in [0.4, 0.5) is 0 Å². The van der Waals surface area contributed by atoms with Gasteiger partial charge in [-0.05, 0) is 32.7 Å². The summed E-state index contributed by atoms with van der Waals surface area (Å²) < 4.78 is 0. The highest BCUT2D eigenvalue weighted by atomic mass is 16.4. The first-order valence-electron chi connectivity index (χ1n) is 7.66. The summed E-state index contributed by atoms with van der Waals surface area (Å²) in [5.74, 6) is -0.736. The Hall–Kier alpha value is -0.830. The molecule has 1 rings (SSSR count). The predicted molar refractivity (Wildman–Crippen MR) is 87.8 cm³/mol. The van der Waals surface area contributed by atoms with Crippen molar-refractivity contribution in [3.63, 3.8) is 0 Å². The second kappa shape index (κ2) is 22.4. The molecule has 0 unspecified atom stereocenters. The van der Waals surface area contributed by atoms with Crippen LogP contribution in [0, 0.1) is 0 Å². The zero-order valence-electron chi connectivity index (χ0n) is 14.5. The SMILES string of the molecule is C=CCC.CC.CC.CC.C[C@@]1(C(=O)O)CCCN1. The molecule has 2 N–H and O–H groups in total. The summed E-state index contributed by atoms with van der Waals surface area (Å²) in [5.41, 5.74) is -0.639. The molecule has 3 nitrogen and oxygen atoms in total. The van der Waals surface area contributed by atoms with Crippen LogP contribution in [-0.4, -0.2) is 23.2 Å². The van der Waals surface area contributed by atoms with Crippen molar-refractivity contribution in [3.05, 3.63) is 12.7 Å². The van der Waals surface area contributed by atoms with Gasteiger partial charge in [0.2, 0.25) is 0 Å². The first-order chi connectivity index (χ1) is 9.06. The molecule has 0 saturated carbocycles. The molecule has 0 spiro atoms. The van der Waals surface area contributed by atoms with Gasteiger partial charge in [0.15, 0.2) is 0 Å². The van der Waals surface area contributed by atoms with E-state index in [-0.39, 0.29) is 0 Å². The summed E-state index contributed by atoms with van der Waals surface area (Å²) in [6.45, 7) is 20.1. The summed E-state index contributed by atoms with van der Waals surface area (Å²) in [6, 6.07) is 0. The van der Waals surface area contributed by atoms with Gasteiger partial charge in [-0.15, -0.1) is 6.58 Å². The second-order valence-corrected chi connectivity index (χ2v) is 3.36. The van der Waals surface area contributed by atoms with Gasteiger partial charge in [-0.3, -0.25) is 4.79 Å². The van der Waals surface area contributed by atoms with Crippen LogP contribution in [-0.2, 0) is 4.79 Å². The Balaban J connectivity index is -0.0000000957. The lowest BCUT2D eigenvalue weighted by Gasteiger charge is -2.16. The quantitative estimate of drug-likeness (QED) is 0.707. The molecule has 1 aliphatic heterocycles. The number of hydrogen-bond acceptors (Lipinski definition) is 2. The van der Waals surface area contributed by atoms with Crippen LogP contribution in [0.1, 0.15) is 74.7 Å². The Kier molecular flexibility index (Phi) is 31.4. The molecule has 0 radical (unpaired) electrons. The van der Waals surface area contributed by atoms with Gasteiger partial charge in [-0.1, -0.05) is 54.5 Å². The van der Waals surface area contributed by atoms with Crippen molar-refractivity contribution in [2.24, 2.45) is 0 Å². The largest absolute Gasteiger partial charge is 0.480 e. The third kappa shape index (κ3) is 17.2. The van der Waals surface area contributed by atoms with E-state index < -0.39 is 11.5 Å². The van der Waals surface area contributed by atoms with Crippen LogP contribution in [0.25, 0.3) is 0 Å². The lowest BCUT2D eigenvalue weighted by Crippen LogP contribution is -2.44. The minimum absolute atomic E-state index is 0.639. The van der Waals surface area contributed by atoms with Gasteiger partial charge >= 0.3 is 5.97 Å². The molecule has 1 atom stereocenters. The molecular weight excluding hydrogens is 238 g/mol. The van der Waals surface area contributed by atoms with Gasteiger partial charge in [-0.2, -0.15) is 0 Å². The zero-order valence-corrected chi connectivity index (χ0v) is 14.5. The van der Waals surface area contributed by atoms with Gasteiger partial charge < -0.3 is 10.4 Å². The average Bonchev–Trinajstić information content (AvgIpc) is 2.94. The Bertz CT molecular complexity index is 174. The Morgan fingerprint density at radius 1 is 1.26 bits per heavy atom. The second-order valence-electron chi connectivity index (χ2n) is 3.36. The van der Waals surface area contributed by atoms with E-state index in [1.807, 2.05) is 47.6 Å². The first kappa shape index (κ1) is 26.7. The van der Waals surface area contributed by atoms with Crippen LogP contribution in [0.15, 0.2) is 12.7 Å². The average molecular weight is 275 g/mol. The number of allylic oxidation sites excluding steroid dienone is 1. The molecule has 0 bridgehead atoms. The van der Waals surface area contributed by atoms with E-state index >= 15 is 0 Å². The standard InChI is InChI=1S/C6H11NO2.C4H8.3C2H6/c1-6(5(8)9)3-2-4-7-6;1-3-4-2;3*1-2/h7H,2-4H2,1H3,(H,8,9);3H,1,4H2,2H3;3*1-2H3/t6-;;;;/m0..../s1. The van der Waals surface area contributed by atoms with Crippen LogP contribution in [0.2, 0.25) is 0 Å². The maximum Gasteiger partial charge on any atom is 0.323 e. The Morgan fingerprint density at radius 2 is 1.63 bits per heavy atom. The number of carboxylic acid groups (broad SMARTS) is 1. The van der Waals surface area contributed by atoms with E-state index in [2.05, 4.69) is 18.8 Å². The van der Waals surface area contributed by atoms with Crippen LogP contribution < -0.4 is 5.32 Å². The topological polar surface area (TPSA) is 49.3 Å². The van der Waals surface area contributed by atoms with Gasteiger partial charge in [0, 0.05) is 0 Å². The van der Waals surface area contributed by atoms with Gasteiger partial charge in [0.05, 0.1) is 0 Å². The highest BCUT2D eigenvalue weighted by molar-refractivity contribution is 5.78. The molecule has 0 aromatic rings. The molecule has 0 aromatic heterocycles. The van der Waals surface area contributed by atoms with E-state index in [9.17, 15) is 4.79 Å². The number of carboxylic acids is 1. The molecule has 0 amide bonds. The zero-order chi connectivity index (χ0) is 16.3. The lowest BCUT2D eigenvalue weighted by atomic mass is 10.0. The fourth-order valence-electron chi connectivity index (χ4n) is 1.08. The van der Waals surface area contributed by atoms with Gasteiger partial charge in [-0.25, -0.2) is 0 Å². The fraction of sp³-hybridized carbons (Fsp3) is 0.812. The van der Waals surface area contributed by atoms with Gasteiger partial charge in [0.1, 0.15) is 5.54 Å². The van der Waals surface area contributed by atoms with Crippen molar-refractivity contribution in [2.75, 3.05) is 6.54 Å². The molecule has 0 aromatic carbocycles. The van der Waals surface area contributed by atoms with E-state index in [4.69, 9.17) is 5.11 Å². The van der Waals surface area contributed by atoms with Crippen molar-refractivity contribution >= 4 is 5.97 Å². The molecule has 0 aliphatic carbocycles. The highest BCUT2D eigenvalue weighted by Crippen LogP contribution is 2.17. The van der Waals surface area contributed by atoms with E-state index in [0.717, 1.165) is 25.8 Å². The summed E-state index contributed by atoms with van der Waals surface area (Å²) in [4.78, 5) is 10.5. The predicted octanol–water partition coefficient (Wildman–Crippen LogP) is 4.87. The summed E-state index contributed by atoms with van der Waals surface area (Å²) in [7, 11) is 0. The van der Waals surface area contributed by atoms with Gasteiger partial charge in [0.25, 0.3) is 0 Å². The van der Waals surface area contributed by atoms with Crippen LogP contribution >= 0.6 is 0 Å². The van der Waals surface area contributed by atoms with E-state index in [1.165, 1.54) is 0 Å². The maximum absolute atomic E-state index is 10.5. The molecule has 1 aliphatic rings. The third-order valence-electron chi connectivity index (χ3n) is 2.13. The molecule has 1 heterocycles. The monoisotopic (exact) mass is 275 g/mol. The van der Waals surface area contributed by atoms with Crippen molar-refractivity contribution in [1.82, 2.24) is 5.32 Å². The minimum Gasteiger partial charge on any atom is -0.480 e. The van der Waals surface area contributed by atoms with Crippen molar-refractivity contribution in [1.29, 1.82) is 0 Å².